The van der Waals surface area contributed by atoms with Gasteiger partial charge in [-0.15, -0.1) is 0 Å². The second-order valence-electron chi connectivity index (χ2n) is 4.19. The van der Waals surface area contributed by atoms with Gasteiger partial charge in [-0.25, -0.2) is 4.98 Å². The number of rotatable bonds is 3. The predicted molar refractivity (Wildman–Crippen MR) is 68.0 cm³/mol. The van der Waals surface area contributed by atoms with E-state index in [9.17, 15) is 0 Å². The normalized spacial score (nSPS) is 18.6. The minimum atomic E-state index is 0.532. The summed E-state index contributed by atoms with van der Waals surface area (Å²) in [6.07, 6.45) is 4.07. The molecular weight excluding hydrogens is 222 g/mol. The lowest BCUT2D eigenvalue weighted by atomic mass is 10.0. The third-order valence-corrected chi connectivity index (χ3v) is 3.45. The molecule has 0 radical (unpaired) electrons. The van der Waals surface area contributed by atoms with Gasteiger partial charge in [0.15, 0.2) is 5.15 Å². The lowest BCUT2D eigenvalue weighted by molar-refractivity contribution is 0.229. The highest BCUT2D eigenvalue weighted by Crippen LogP contribution is 2.21. The SMILES string of the molecule is CCN1CCC(Nc2cccnc2Cl)CC1. The summed E-state index contributed by atoms with van der Waals surface area (Å²) >= 11 is 6.02. The second kappa shape index (κ2) is 5.51. The maximum Gasteiger partial charge on any atom is 0.152 e. The summed E-state index contributed by atoms with van der Waals surface area (Å²) in [4.78, 5) is 6.54. The van der Waals surface area contributed by atoms with E-state index >= 15 is 0 Å². The lowest BCUT2D eigenvalue weighted by Crippen LogP contribution is -2.38. The molecule has 1 fully saturated rings. The number of likely N-dealkylation sites (tertiary alicyclic amines) is 1. The molecule has 1 aliphatic heterocycles. The zero-order valence-corrected chi connectivity index (χ0v) is 10.4. The molecule has 3 nitrogen and oxygen atoms in total. The predicted octanol–water partition coefficient (Wildman–Crippen LogP) is 2.63. The van der Waals surface area contributed by atoms with Crippen molar-refractivity contribution < 1.29 is 0 Å². The van der Waals surface area contributed by atoms with Gasteiger partial charge in [0.1, 0.15) is 0 Å². The molecule has 1 N–H and O–H groups in total. The van der Waals surface area contributed by atoms with Gasteiger partial charge in [0.2, 0.25) is 0 Å². The second-order valence-corrected chi connectivity index (χ2v) is 4.55. The van der Waals surface area contributed by atoms with E-state index in [-0.39, 0.29) is 0 Å². The smallest absolute Gasteiger partial charge is 0.152 e. The van der Waals surface area contributed by atoms with Gasteiger partial charge in [0.05, 0.1) is 5.69 Å². The Labute approximate surface area is 102 Å². The van der Waals surface area contributed by atoms with Gasteiger partial charge in [-0.2, -0.15) is 0 Å². The third kappa shape index (κ3) is 2.86. The van der Waals surface area contributed by atoms with Crippen LogP contribution in [0.2, 0.25) is 5.15 Å². The maximum atomic E-state index is 6.02. The molecule has 4 heteroatoms. The zero-order chi connectivity index (χ0) is 11.4. The molecule has 0 aliphatic carbocycles. The summed E-state index contributed by atoms with van der Waals surface area (Å²) < 4.78 is 0. The average molecular weight is 240 g/mol. The lowest BCUT2D eigenvalue weighted by Gasteiger charge is -2.32. The minimum Gasteiger partial charge on any atom is -0.380 e. The summed E-state index contributed by atoms with van der Waals surface area (Å²) in [6.45, 7) is 5.71. The first-order valence-electron chi connectivity index (χ1n) is 5.89. The topological polar surface area (TPSA) is 28.2 Å². The summed E-state index contributed by atoms with van der Waals surface area (Å²) in [5.41, 5.74) is 0.958. The van der Waals surface area contributed by atoms with Crippen molar-refractivity contribution in [1.29, 1.82) is 0 Å². The van der Waals surface area contributed by atoms with Crippen molar-refractivity contribution in [3.63, 3.8) is 0 Å². The Bertz CT molecular complexity index is 335. The van der Waals surface area contributed by atoms with Crippen LogP contribution in [0.15, 0.2) is 18.3 Å². The first-order chi connectivity index (χ1) is 7.79. The highest BCUT2D eigenvalue weighted by Gasteiger charge is 2.18. The van der Waals surface area contributed by atoms with Crippen LogP contribution in [0, 0.1) is 0 Å². The van der Waals surface area contributed by atoms with Gasteiger partial charge >= 0.3 is 0 Å². The highest BCUT2D eigenvalue weighted by molar-refractivity contribution is 6.31. The average Bonchev–Trinajstić information content (AvgIpc) is 2.33. The molecular formula is C12H18ClN3. The van der Waals surface area contributed by atoms with Gasteiger partial charge in [-0.05, 0) is 31.5 Å². The van der Waals surface area contributed by atoms with Gasteiger partial charge in [0, 0.05) is 25.3 Å². The molecule has 0 bridgehead atoms. The van der Waals surface area contributed by atoms with Crippen LogP contribution in [0.1, 0.15) is 19.8 Å². The Morgan fingerprint density at radius 3 is 2.88 bits per heavy atom. The summed E-state index contributed by atoms with van der Waals surface area (Å²) in [6, 6.07) is 4.43. The van der Waals surface area contributed by atoms with Crippen molar-refractivity contribution in [3.8, 4) is 0 Å². The number of pyridine rings is 1. The van der Waals surface area contributed by atoms with Crippen LogP contribution in [-0.4, -0.2) is 35.6 Å². The number of aromatic nitrogens is 1. The highest BCUT2D eigenvalue weighted by atomic mass is 35.5. The van der Waals surface area contributed by atoms with Crippen molar-refractivity contribution in [2.45, 2.75) is 25.8 Å². The summed E-state index contributed by atoms with van der Waals surface area (Å²) in [5.74, 6) is 0. The molecule has 0 aromatic carbocycles. The van der Waals surface area contributed by atoms with Crippen molar-refractivity contribution in [2.24, 2.45) is 0 Å². The first kappa shape index (κ1) is 11.7. The fraction of sp³-hybridized carbons (Fsp3) is 0.583. The number of piperidine rings is 1. The van der Waals surface area contributed by atoms with Crippen LogP contribution in [0.4, 0.5) is 5.69 Å². The maximum absolute atomic E-state index is 6.02. The standard InChI is InChI=1S/C12H18ClN3/c1-2-16-8-5-10(6-9-16)15-11-4-3-7-14-12(11)13/h3-4,7,10,15H,2,5-6,8-9H2,1H3. The van der Waals surface area contributed by atoms with E-state index in [1.165, 1.54) is 25.9 Å². The number of hydrogen-bond donors (Lipinski definition) is 1. The largest absolute Gasteiger partial charge is 0.380 e. The van der Waals surface area contributed by atoms with Crippen LogP contribution in [-0.2, 0) is 0 Å². The molecule has 1 aromatic heterocycles. The molecule has 0 amide bonds. The van der Waals surface area contributed by atoms with Crippen LogP contribution >= 0.6 is 11.6 Å². The first-order valence-corrected chi connectivity index (χ1v) is 6.27. The molecule has 2 rings (SSSR count). The molecule has 1 aliphatic rings. The Morgan fingerprint density at radius 1 is 1.50 bits per heavy atom. The van der Waals surface area contributed by atoms with Gasteiger partial charge in [0.25, 0.3) is 0 Å². The summed E-state index contributed by atoms with van der Waals surface area (Å²) in [5, 5.41) is 4.04. The third-order valence-electron chi connectivity index (χ3n) is 3.15. The molecule has 16 heavy (non-hydrogen) atoms. The van der Waals surface area contributed by atoms with Crippen LogP contribution < -0.4 is 5.32 Å². The van der Waals surface area contributed by atoms with Crippen molar-refractivity contribution >= 4 is 17.3 Å². The van der Waals surface area contributed by atoms with Crippen molar-refractivity contribution in [3.05, 3.63) is 23.5 Å². The van der Waals surface area contributed by atoms with Crippen molar-refractivity contribution in [1.82, 2.24) is 9.88 Å². The number of nitrogens with one attached hydrogen (secondary N) is 1. The van der Waals surface area contributed by atoms with E-state index in [1.54, 1.807) is 6.20 Å². The number of nitrogens with zero attached hydrogens (tertiary/aromatic N) is 2. The molecule has 88 valence electrons. The minimum absolute atomic E-state index is 0.532. The molecule has 0 atom stereocenters. The molecule has 1 saturated heterocycles. The molecule has 1 aromatic rings. The fourth-order valence-corrected chi connectivity index (χ4v) is 2.28. The number of halogens is 1. The van der Waals surface area contributed by atoms with E-state index < -0.39 is 0 Å². The van der Waals surface area contributed by atoms with Crippen molar-refractivity contribution in [2.75, 3.05) is 25.0 Å². The number of anilines is 1. The number of hydrogen-bond acceptors (Lipinski definition) is 3. The quantitative estimate of drug-likeness (QED) is 0.822. The Kier molecular flexibility index (Phi) is 4.02. The Hall–Kier alpha value is -0.800. The Balaban J connectivity index is 1.89. The van der Waals surface area contributed by atoms with Crippen LogP contribution in [0.5, 0.6) is 0 Å². The van der Waals surface area contributed by atoms with Gasteiger partial charge in [-0.1, -0.05) is 18.5 Å². The van der Waals surface area contributed by atoms with Crippen LogP contribution in [0.25, 0.3) is 0 Å². The van der Waals surface area contributed by atoms with Gasteiger partial charge < -0.3 is 10.2 Å². The van der Waals surface area contributed by atoms with E-state index in [0.29, 0.717) is 11.2 Å². The van der Waals surface area contributed by atoms with Gasteiger partial charge in [-0.3, -0.25) is 0 Å². The van der Waals surface area contributed by atoms with E-state index in [0.717, 1.165) is 12.2 Å². The summed E-state index contributed by atoms with van der Waals surface area (Å²) in [7, 11) is 0. The molecule has 0 unspecified atom stereocenters. The molecule has 0 saturated carbocycles. The van der Waals surface area contributed by atoms with E-state index in [4.69, 9.17) is 11.6 Å². The van der Waals surface area contributed by atoms with E-state index in [1.807, 2.05) is 12.1 Å². The molecule has 0 spiro atoms. The zero-order valence-electron chi connectivity index (χ0n) is 9.62. The monoisotopic (exact) mass is 239 g/mol. The van der Waals surface area contributed by atoms with E-state index in [2.05, 4.69) is 22.1 Å². The van der Waals surface area contributed by atoms with Crippen LogP contribution in [0.3, 0.4) is 0 Å². The Morgan fingerprint density at radius 2 is 2.25 bits per heavy atom. The fourth-order valence-electron chi connectivity index (χ4n) is 2.11. The molecule has 2 heterocycles.